The van der Waals surface area contributed by atoms with Gasteiger partial charge in [-0.05, 0) is 30.5 Å². The highest BCUT2D eigenvalue weighted by molar-refractivity contribution is 6.42. The van der Waals surface area contributed by atoms with Crippen LogP contribution in [0.3, 0.4) is 0 Å². The lowest BCUT2D eigenvalue weighted by Crippen LogP contribution is -2.34. The summed E-state index contributed by atoms with van der Waals surface area (Å²) in [6.07, 6.45) is 5.82. The van der Waals surface area contributed by atoms with Gasteiger partial charge in [-0.2, -0.15) is 0 Å². The Morgan fingerprint density at radius 2 is 2.08 bits per heavy atom. The van der Waals surface area contributed by atoms with Gasteiger partial charge in [0.15, 0.2) is 12.3 Å². The molecule has 130 valence electrons. The zero-order chi connectivity index (χ0) is 17.8. The zero-order valence-electron chi connectivity index (χ0n) is 13.2. The van der Waals surface area contributed by atoms with Gasteiger partial charge in [-0.3, -0.25) is 9.78 Å². The lowest BCUT2D eigenvalue weighted by molar-refractivity contribution is -0.135. The van der Waals surface area contributed by atoms with Crippen LogP contribution in [0.15, 0.2) is 36.8 Å². The first-order valence-electron chi connectivity index (χ1n) is 7.74. The Hall–Kier alpha value is -2.18. The molecule has 0 N–H and O–H groups in total. The number of carbonyl (C=O) groups excluding carboxylic acids is 2. The van der Waals surface area contributed by atoms with Crippen LogP contribution in [0.5, 0.6) is 0 Å². The summed E-state index contributed by atoms with van der Waals surface area (Å²) in [6, 6.07) is 5.24. The summed E-state index contributed by atoms with van der Waals surface area (Å²) in [7, 11) is 0. The van der Waals surface area contributed by atoms with Gasteiger partial charge in [-0.1, -0.05) is 29.3 Å². The van der Waals surface area contributed by atoms with Crippen molar-refractivity contribution in [1.82, 2.24) is 14.9 Å². The van der Waals surface area contributed by atoms with Gasteiger partial charge in [0.1, 0.15) is 0 Å². The van der Waals surface area contributed by atoms with E-state index in [9.17, 15) is 9.59 Å². The Balaban J connectivity index is 1.64. The van der Waals surface area contributed by atoms with Crippen molar-refractivity contribution in [2.75, 3.05) is 13.2 Å². The number of hydrogen-bond acceptors (Lipinski definition) is 5. The quantitative estimate of drug-likeness (QED) is 0.761. The molecule has 1 aromatic carbocycles. The molecule has 0 saturated carbocycles. The fourth-order valence-corrected chi connectivity index (χ4v) is 3.13. The second-order valence-electron chi connectivity index (χ2n) is 5.59. The average molecular weight is 380 g/mol. The van der Waals surface area contributed by atoms with Crippen molar-refractivity contribution in [2.24, 2.45) is 0 Å². The number of aromatic nitrogens is 2. The Labute approximate surface area is 154 Å². The molecule has 2 aromatic rings. The molecule has 1 atom stereocenters. The van der Waals surface area contributed by atoms with Crippen molar-refractivity contribution in [2.45, 2.75) is 18.9 Å². The van der Waals surface area contributed by atoms with Crippen LogP contribution < -0.4 is 0 Å². The van der Waals surface area contributed by atoms with Crippen LogP contribution in [0.4, 0.5) is 0 Å². The summed E-state index contributed by atoms with van der Waals surface area (Å²) in [5, 5.41) is 0.923. The molecule has 1 aliphatic heterocycles. The number of esters is 1. The van der Waals surface area contributed by atoms with Crippen LogP contribution >= 0.6 is 23.2 Å². The van der Waals surface area contributed by atoms with E-state index in [4.69, 9.17) is 27.9 Å². The van der Waals surface area contributed by atoms with Crippen LogP contribution in [0.2, 0.25) is 10.0 Å². The van der Waals surface area contributed by atoms with Crippen LogP contribution in [0, 0.1) is 0 Å². The Kier molecular flexibility index (Phi) is 5.50. The molecule has 0 aliphatic carbocycles. The standard InChI is InChI=1S/C17H15Cl2N3O3/c18-12-4-3-11(8-13(12)19)15-2-1-7-22(15)16(23)10-25-17(24)14-9-20-5-6-21-14/h3-6,8-9,15H,1-2,7,10H2/t15-/m0/s1. The second kappa shape index (κ2) is 7.80. The molecular weight excluding hydrogens is 365 g/mol. The summed E-state index contributed by atoms with van der Waals surface area (Å²) in [6.45, 7) is 0.264. The number of hydrogen-bond donors (Lipinski definition) is 0. The number of rotatable bonds is 4. The molecule has 25 heavy (non-hydrogen) atoms. The van der Waals surface area contributed by atoms with Crippen LogP contribution in [0.1, 0.15) is 34.9 Å². The maximum atomic E-state index is 12.5. The molecule has 8 heteroatoms. The number of nitrogens with zero attached hydrogens (tertiary/aromatic N) is 3. The zero-order valence-corrected chi connectivity index (χ0v) is 14.7. The molecule has 1 aromatic heterocycles. The molecule has 3 rings (SSSR count). The Morgan fingerprint density at radius 3 is 2.80 bits per heavy atom. The van der Waals surface area contributed by atoms with Crippen molar-refractivity contribution in [1.29, 1.82) is 0 Å². The van der Waals surface area contributed by atoms with Gasteiger partial charge < -0.3 is 9.64 Å². The SMILES string of the molecule is O=C(OCC(=O)N1CCC[C@H]1c1ccc(Cl)c(Cl)c1)c1cnccn1. The highest BCUT2D eigenvalue weighted by Gasteiger charge is 2.30. The molecule has 1 aliphatic rings. The lowest BCUT2D eigenvalue weighted by atomic mass is 10.0. The summed E-state index contributed by atoms with van der Waals surface area (Å²) in [5.74, 6) is -0.933. The van der Waals surface area contributed by atoms with Gasteiger partial charge in [-0.25, -0.2) is 9.78 Å². The number of amides is 1. The largest absolute Gasteiger partial charge is 0.451 e. The van der Waals surface area contributed by atoms with Crippen molar-refractivity contribution in [3.05, 3.63) is 58.1 Å². The minimum atomic E-state index is -0.674. The number of carbonyl (C=O) groups is 2. The normalized spacial score (nSPS) is 16.7. The van der Waals surface area contributed by atoms with Crippen molar-refractivity contribution in [3.63, 3.8) is 0 Å². The summed E-state index contributed by atoms with van der Waals surface area (Å²) in [4.78, 5) is 33.7. The number of halogens is 2. The topological polar surface area (TPSA) is 72.4 Å². The van der Waals surface area contributed by atoms with E-state index in [0.717, 1.165) is 18.4 Å². The molecule has 2 heterocycles. The third-order valence-corrected chi connectivity index (χ3v) is 4.74. The maximum absolute atomic E-state index is 12.5. The first-order chi connectivity index (χ1) is 12.1. The van der Waals surface area contributed by atoms with Crippen molar-refractivity contribution in [3.8, 4) is 0 Å². The Morgan fingerprint density at radius 1 is 1.24 bits per heavy atom. The fraction of sp³-hybridized carbons (Fsp3) is 0.294. The van der Waals surface area contributed by atoms with Crippen molar-refractivity contribution >= 4 is 35.1 Å². The van der Waals surface area contributed by atoms with E-state index in [1.54, 1.807) is 17.0 Å². The predicted octanol–water partition coefficient (Wildman–Crippen LogP) is 3.30. The summed E-state index contributed by atoms with van der Waals surface area (Å²) in [5.41, 5.74) is 0.984. The molecule has 0 spiro atoms. The Bertz CT molecular complexity index is 786. The second-order valence-corrected chi connectivity index (χ2v) is 6.40. The van der Waals surface area contributed by atoms with E-state index in [2.05, 4.69) is 9.97 Å². The molecule has 1 fully saturated rings. The third-order valence-electron chi connectivity index (χ3n) is 4.00. The van der Waals surface area contributed by atoms with E-state index in [-0.39, 0.29) is 24.2 Å². The highest BCUT2D eigenvalue weighted by Crippen LogP contribution is 2.35. The molecule has 1 amide bonds. The smallest absolute Gasteiger partial charge is 0.359 e. The predicted molar refractivity (Wildman–Crippen MR) is 92.5 cm³/mol. The lowest BCUT2D eigenvalue weighted by Gasteiger charge is -2.25. The van der Waals surface area contributed by atoms with Gasteiger partial charge in [0.2, 0.25) is 0 Å². The minimum Gasteiger partial charge on any atom is -0.451 e. The van der Waals surface area contributed by atoms with Crippen molar-refractivity contribution < 1.29 is 14.3 Å². The average Bonchev–Trinajstić information content (AvgIpc) is 3.12. The monoisotopic (exact) mass is 379 g/mol. The minimum absolute atomic E-state index is 0.0674. The molecule has 0 bridgehead atoms. The van der Waals surface area contributed by atoms with E-state index in [1.807, 2.05) is 6.07 Å². The highest BCUT2D eigenvalue weighted by atomic mass is 35.5. The van der Waals surface area contributed by atoms with Gasteiger partial charge in [0.05, 0.1) is 22.3 Å². The third kappa shape index (κ3) is 4.08. The molecule has 1 saturated heterocycles. The number of likely N-dealkylation sites (tertiary alicyclic amines) is 1. The fourth-order valence-electron chi connectivity index (χ4n) is 2.82. The first kappa shape index (κ1) is 17.6. The summed E-state index contributed by atoms with van der Waals surface area (Å²) < 4.78 is 5.05. The first-order valence-corrected chi connectivity index (χ1v) is 8.49. The van der Waals surface area contributed by atoms with E-state index >= 15 is 0 Å². The van der Waals surface area contributed by atoms with Crippen LogP contribution in [-0.2, 0) is 9.53 Å². The molecule has 0 unspecified atom stereocenters. The maximum Gasteiger partial charge on any atom is 0.359 e. The number of ether oxygens (including phenoxy) is 1. The molecule has 0 radical (unpaired) electrons. The van der Waals surface area contributed by atoms with Crippen LogP contribution in [-0.4, -0.2) is 39.9 Å². The van der Waals surface area contributed by atoms with E-state index in [1.165, 1.54) is 18.6 Å². The van der Waals surface area contributed by atoms with Gasteiger partial charge in [-0.15, -0.1) is 0 Å². The molecular formula is C17H15Cl2N3O3. The van der Waals surface area contributed by atoms with Gasteiger partial charge in [0, 0.05) is 18.9 Å². The van der Waals surface area contributed by atoms with Crippen LogP contribution in [0.25, 0.3) is 0 Å². The van der Waals surface area contributed by atoms with E-state index < -0.39 is 5.97 Å². The van der Waals surface area contributed by atoms with Gasteiger partial charge in [0.25, 0.3) is 5.91 Å². The van der Waals surface area contributed by atoms with E-state index in [0.29, 0.717) is 16.6 Å². The number of benzene rings is 1. The molecule has 6 nitrogen and oxygen atoms in total. The van der Waals surface area contributed by atoms with Gasteiger partial charge >= 0.3 is 5.97 Å². The summed E-state index contributed by atoms with van der Waals surface area (Å²) >= 11 is 12.0.